The van der Waals surface area contributed by atoms with Crippen LogP contribution >= 0.6 is 0 Å². The van der Waals surface area contributed by atoms with Crippen molar-refractivity contribution >= 4 is 0 Å². The van der Waals surface area contributed by atoms with E-state index in [2.05, 4.69) is 0 Å². The maximum atomic E-state index is 9.00. The summed E-state index contributed by atoms with van der Waals surface area (Å²) in [6, 6.07) is 9.98. The first-order valence-electron chi connectivity index (χ1n) is 5.02. The number of hydrogen-bond acceptors (Lipinski definition) is 3. The van der Waals surface area contributed by atoms with E-state index in [1.807, 2.05) is 30.3 Å². The van der Waals surface area contributed by atoms with E-state index >= 15 is 0 Å². The molecule has 1 atom stereocenters. The number of aliphatic hydroxyl groups is 1. The minimum atomic E-state index is -0.0336. The average molecular weight is 206 g/mol. The molecule has 0 saturated carbocycles. The van der Waals surface area contributed by atoms with E-state index in [-0.39, 0.29) is 12.0 Å². The van der Waals surface area contributed by atoms with Crippen LogP contribution < -0.4 is 0 Å². The van der Waals surface area contributed by atoms with Gasteiger partial charge in [-0.05, 0) is 11.6 Å². The first kappa shape index (κ1) is 10.1. The van der Waals surface area contributed by atoms with Gasteiger partial charge in [-0.15, -0.1) is 0 Å². The van der Waals surface area contributed by atoms with Gasteiger partial charge in [0.25, 0.3) is 5.95 Å². The van der Waals surface area contributed by atoms with Crippen LogP contribution in [0.2, 0.25) is 0 Å². The second-order valence-corrected chi connectivity index (χ2v) is 3.52. The molecule has 1 aromatic carbocycles. The number of hydrogen-bond donors (Lipinski definition) is 1. The molecule has 0 saturated heterocycles. The highest BCUT2D eigenvalue weighted by Crippen LogP contribution is 2.15. The predicted molar refractivity (Wildman–Crippen MR) is 56.3 cm³/mol. The van der Waals surface area contributed by atoms with Gasteiger partial charge in [-0.25, -0.2) is 0 Å². The van der Waals surface area contributed by atoms with Crippen molar-refractivity contribution in [2.75, 3.05) is 6.61 Å². The lowest BCUT2D eigenvalue weighted by molar-refractivity contribution is -0.00968. The average Bonchev–Trinajstić information content (AvgIpc) is 2.66. The Morgan fingerprint density at radius 3 is 2.80 bits per heavy atom. The second kappa shape index (κ2) is 4.84. The minimum absolute atomic E-state index is 0.0170. The molecule has 2 rings (SSSR count). The lowest BCUT2D eigenvalue weighted by atomic mass is 10.2. The normalized spacial score (nSPS) is 19.7. The van der Waals surface area contributed by atoms with Crippen LogP contribution in [0, 0.1) is 0 Å². The van der Waals surface area contributed by atoms with Gasteiger partial charge in [0.1, 0.15) is 6.10 Å². The highest BCUT2D eigenvalue weighted by Gasteiger charge is 2.17. The van der Waals surface area contributed by atoms with Crippen LogP contribution in [0.5, 0.6) is 0 Å². The number of rotatable bonds is 4. The third kappa shape index (κ3) is 2.99. The fraction of sp³-hybridized carbons (Fsp3) is 0.333. The quantitative estimate of drug-likeness (QED) is 0.822. The van der Waals surface area contributed by atoms with Crippen LogP contribution in [0.25, 0.3) is 0 Å². The lowest BCUT2D eigenvalue weighted by Crippen LogP contribution is -2.14. The van der Waals surface area contributed by atoms with Gasteiger partial charge in [0.15, 0.2) is 0 Å². The molecule has 3 nitrogen and oxygen atoms in total. The van der Waals surface area contributed by atoms with Crippen molar-refractivity contribution < 1.29 is 14.6 Å². The summed E-state index contributed by atoms with van der Waals surface area (Å²) in [6.45, 7) is 1.09. The molecular weight excluding hydrogens is 192 g/mol. The van der Waals surface area contributed by atoms with Crippen LogP contribution in [0.3, 0.4) is 0 Å². The molecule has 1 aliphatic heterocycles. The smallest absolute Gasteiger partial charge is 0.272 e. The summed E-state index contributed by atoms with van der Waals surface area (Å²) in [5, 5.41) is 9.00. The SMILES string of the molecule is OC1=CC[C@@H](COCc2ccccc2)O1. The van der Waals surface area contributed by atoms with Crippen LogP contribution in [0.1, 0.15) is 12.0 Å². The predicted octanol–water partition coefficient (Wildman–Crippen LogP) is 2.39. The first-order valence-corrected chi connectivity index (χ1v) is 5.02. The third-order valence-corrected chi connectivity index (χ3v) is 2.26. The fourth-order valence-electron chi connectivity index (χ4n) is 1.48. The zero-order valence-electron chi connectivity index (χ0n) is 8.43. The van der Waals surface area contributed by atoms with E-state index in [1.165, 1.54) is 0 Å². The summed E-state index contributed by atoms with van der Waals surface area (Å²) in [5.41, 5.74) is 1.15. The Bertz CT molecular complexity index is 332. The summed E-state index contributed by atoms with van der Waals surface area (Å²) < 4.78 is 10.6. The second-order valence-electron chi connectivity index (χ2n) is 3.52. The number of aliphatic hydroxyl groups excluding tert-OH is 1. The summed E-state index contributed by atoms with van der Waals surface area (Å²) in [4.78, 5) is 0. The molecule has 80 valence electrons. The molecule has 1 aliphatic rings. The molecule has 0 amide bonds. The van der Waals surface area contributed by atoms with Crippen molar-refractivity contribution in [1.29, 1.82) is 0 Å². The molecule has 3 heteroatoms. The standard InChI is InChI=1S/C12H14O3/c13-12-7-6-11(15-12)9-14-8-10-4-2-1-3-5-10/h1-5,7,11,13H,6,8-9H2/t11-/m0/s1. The molecule has 0 aliphatic carbocycles. The molecule has 0 fully saturated rings. The Morgan fingerprint density at radius 1 is 1.33 bits per heavy atom. The van der Waals surface area contributed by atoms with Gasteiger partial charge >= 0.3 is 0 Å². The molecule has 0 aromatic heterocycles. The van der Waals surface area contributed by atoms with E-state index in [0.717, 1.165) is 12.0 Å². The largest absolute Gasteiger partial charge is 0.481 e. The zero-order chi connectivity index (χ0) is 10.5. The summed E-state index contributed by atoms with van der Waals surface area (Å²) in [5.74, 6) is 0.0170. The number of ether oxygens (including phenoxy) is 2. The Morgan fingerprint density at radius 2 is 2.13 bits per heavy atom. The van der Waals surface area contributed by atoms with Crippen molar-refractivity contribution in [2.45, 2.75) is 19.1 Å². The van der Waals surface area contributed by atoms with Crippen molar-refractivity contribution in [3.8, 4) is 0 Å². The van der Waals surface area contributed by atoms with Crippen LogP contribution in [-0.2, 0) is 16.1 Å². The van der Waals surface area contributed by atoms with Gasteiger partial charge in [0.05, 0.1) is 13.2 Å². The monoisotopic (exact) mass is 206 g/mol. The Balaban J connectivity index is 1.68. The van der Waals surface area contributed by atoms with E-state index in [9.17, 15) is 0 Å². The van der Waals surface area contributed by atoms with Crippen molar-refractivity contribution in [1.82, 2.24) is 0 Å². The molecule has 1 aromatic rings. The molecule has 15 heavy (non-hydrogen) atoms. The topological polar surface area (TPSA) is 38.7 Å². The summed E-state index contributed by atoms with van der Waals surface area (Å²) >= 11 is 0. The van der Waals surface area contributed by atoms with Gasteiger partial charge in [-0.2, -0.15) is 0 Å². The summed E-state index contributed by atoms with van der Waals surface area (Å²) in [6.07, 6.45) is 2.35. The van der Waals surface area contributed by atoms with Gasteiger partial charge in [-0.3, -0.25) is 0 Å². The van der Waals surface area contributed by atoms with Crippen LogP contribution in [0.15, 0.2) is 42.4 Å². The van der Waals surface area contributed by atoms with E-state index < -0.39 is 0 Å². The minimum Gasteiger partial charge on any atom is -0.481 e. The van der Waals surface area contributed by atoms with E-state index in [1.54, 1.807) is 6.08 Å². The number of benzene rings is 1. The Hall–Kier alpha value is -1.48. The molecule has 1 heterocycles. The van der Waals surface area contributed by atoms with Gasteiger partial charge in [-0.1, -0.05) is 30.3 Å². The Kier molecular flexibility index (Phi) is 3.25. The lowest BCUT2D eigenvalue weighted by Gasteiger charge is -2.11. The van der Waals surface area contributed by atoms with Crippen molar-refractivity contribution in [3.63, 3.8) is 0 Å². The maximum absolute atomic E-state index is 9.00. The van der Waals surface area contributed by atoms with Gasteiger partial charge < -0.3 is 14.6 Å². The van der Waals surface area contributed by atoms with Crippen molar-refractivity contribution in [2.24, 2.45) is 0 Å². The highest BCUT2D eigenvalue weighted by atomic mass is 16.6. The fourth-order valence-corrected chi connectivity index (χ4v) is 1.48. The first-order chi connectivity index (χ1) is 7.34. The van der Waals surface area contributed by atoms with Crippen molar-refractivity contribution in [3.05, 3.63) is 47.9 Å². The highest BCUT2D eigenvalue weighted by molar-refractivity contribution is 5.13. The maximum Gasteiger partial charge on any atom is 0.272 e. The molecular formula is C12H14O3. The van der Waals surface area contributed by atoms with E-state index in [4.69, 9.17) is 14.6 Å². The van der Waals surface area contributed by atoms with Gasteiger partial charge in [0.2, 0.25) is 0 Å². The summed E-state index contributed by atoms with van der Waals surface area (Å²) in [7, 11) is 0. The molecule has 1 N–H and O–H groups in total. The molecule has 0 bridgehead atoms. The Labute approximate surface area is 88.9 Å². The molecule has 0 unspecified atom stereocenters. The third-order valence-electron chi connectivity index (χ3n) is 2.26. The van der Waals surface area contributed by atoms with Gasteiger partial charge in [0, 0.05) is 6.42 Å². The zero-order valence-corrected chi connectivity index (χ0v) is 8.43. The van der Waals surface area contributed by atoms with Crippen LogP contribution in [0.4, 0.5) is 0 Å². The van der Waals surface area contributed by atoms with E-state index in [0.29, 0.717) is 13.2 Å². The molecule has 0 spiro atoms. The molecule has 0 radical (unpaired) electrons. The van der Waals surface area contributed by atoms with Crippen LogP contribution in [-0.4, -0.2) is 17.8 Å².